The molecule has 0 unspecified atom stereocenters. The highest BCUT2D eigenvalue weighted by Crippen LogP contribution is 2.25. The highest BCUT2D eigenvalue weighted by Gasteiger charge is 2.20. The third kappa shape index (κ3) is 3.38. The normalized spacial score (nSPS) is 11.0. The largest absolute Gasteiger partial charge is 0.343 e. The lowest BCUT2D eigenvalue weighted by Crippen LogP contribution is -2.32. The van der Waals surface area contributed by atoms with E-state index in [0.29, 0.717) is 30.1 Å². The average molecular weight is 340 g/mol. The Labute approximate surface area is 146 Å². The summed E-state index contributed by atoms with van der Waals surface area (Å²) in [6.07, 6.45) is 0.127. The van der Waals surface area contributed by atoms with Crippen molar-refractivity contribution in [2.24, 2.45) is 0 Å². The summed E-state index contributed by atoms with van der Waals surface area (Å²) in [6.45, 7) is 7.15. The number of fused-ring (bicyclic) bond motifs is 1. The molecule has 3 aromatic rings. The summed E-state index contributed by atoms with van der Waals surface area (Å²) in [7, 11) is 0. The average Bonchev–Trinajstić information content (AvgIpc) is 2.94. The minimum atomic E-state index is -0.600. The first kappa shape index (κ1) is 17.1. The third-order valence-electron chi connectivity index (χ3n) is 4.30. The zero-order chi connectivity index (χ0) is 18.0. The number of nitrogens with zero attached hydrogens (tertiary/aromatic N) is 4. The second-order valence-electron chi connectivity index (χ2n) is 5.94. The Kier molecular flexibility index (Phi) is 4.79. The second kappa shape index (κ2) is 7.01. The molecule has 0 aliphatic heterocycles. The maximum Gasteiger partial charge on any atom is 0.231 e. The van der Waals surface area contributed by atoms with E-state index in [4.69, 9.17) is 0 Å². The fourth-order valence-corrected chi connectivity index (χ4v) is 2.89. The summed E-state index contributed by atoms with van der Waals surface area (Å²) in [5.41, 5.74) is 3.82. The van der Waals surface area contributed by atoms with Crippen LogP contribution in [0.3, 0.4) is 0 Å². The molecule has 0 radical (unpaired) electrons. The molecule has 0 aliphatic rings. The van der Waals surface area contributed by atoms with E-state index in [1.807, 2.05) is 45.0 Å². The lowest BCUT2D eigenvalue weighted by molar-refractivity contribution is -0.130. The first-order valence-electron chi connectivity index (χ1n) is 8.42. The van der Waals surface area contributed by atoms with Crippen molar-refractivity contribution in [3.8, 4) is 11.3 Å². The summed E-state index contributed by atoms with van der Waals surface area (Å²) in [6, 6.07) is 10.7. The molecule has 0 fully saturated rings. The zero-order valence-electron chi connectivity index (χ0n) is 14.7. The highest BCUT2D eigenvalue weighted by molar-refractivity contribution is 5.81. The predicted molar refractivity (Wildman–Crippen MR) is 94.8 cm³/mol. The van der Waals surface area contributed by atoms with Crippen LogP contribution in [0.25, 0.3) is 16.9 Å². The van der Waals surface area contributed by atoms with Crippen LogP contribution in [-0.2, 0) is 11.2 Å². The van der Waals surface area contributed by atoms with Gasteiger partial charge in [0.15, 0.2) is 5.65 Å². The Morgan fingerprint density at radius 3 is 2.44 bits per heavy atom. The van der Waals surface area contributed by atoms with E-state index < -0.39 is 5.95 Å². The molecule has 5 nitrogen and oxygen atoms in total. The van der Waals surface area contributed by atoms with Crippen LogP contribution in [-0.4, -0.2) is 38.5 Å². The Bertz CT molecular complexity index is 898. The van der Waals surface area contributed by atoms with Crippen LogP contribution in [0.5, 0.6) is 0 Å². The number of aromatic nitrogens is 3. The fourth-order valence-electron chi connectivity index (χ4n) is 2.89. The summed E-state index contributed by atoms with van der Waals surface area (Å²) in [4.78, 5) is 18.9. The minimum absolute atomic E-state index is 0.0220. The van der Waals surface area contributed by atoms with Gasteiger partial charge in [0.1, 0.15) is 0 Å². The highest BCUT2D eigenvalue weighted by atomic mass is 19.1. The van der Waals surface area contributed by atoms with Crippen LogP contribution in [0.4, 0.5) is 4.39 Å². The van der Waals surface area contributed by atoms with Crippen molar-refractivity contribution in [3.05, 3.63) is 53.6 Å². The van der Waals surface area contributed by atoms with Gasteiger partial charge in [-0.05, 0) is 32.9 Å². The van der Waals surface area contributed by atoms with E-state index in [1.54, 1.807) is 11.0 Å². The Balaban J connectivity index is 2.12. The number of amides is 1. The van der Waals surface area contributed by atoms with E-state index in [2.05, 4.69) is 10.1 Å². The first-order valence-corrected chi connectivity index (χ1v) is 8.42. The van der Waals surface area contributed by atoms with Crippen LogP contribution in [0.15, 0.2) is 36.4 Å². The number of carbonyl (C=O) groups excluding carboxylic acids is 1. The van der Waals surface area contributed by atoms with E-state index in [-0.39, 0.29) is 12.3 Å². The summed E-state index contributed by atoms with van der Waals surface area (Å²) < 4.78 is 15.1. The van der Waals surface area contributed by atoms with Gasteiger partial charge in [0.25, 0.3) is 0 Å². The molecule has 6 heteroatoms. The summed E-state index contributed by atoms with van der Waals surface area (Å²) in [5.74, 6) is -0.622. The lowest BCUT2D eigenvalue weighted by Gasteiger charge is -2.18. The Morgan fingerprint density at radius 1 is 1.12 bits per heavy atom. The smallest absolute Gasteiger partial charge is 0.231 e. The second-order valence-corrected chi connectivity index (χ2v) is 5.94. The van der Waals surface area contributed by atoms with E-state index in [0.717, 1.165) is 11.1 Å². The van der Waals surface area contributed by atoms with Gasteiger partial charge in [0, 0.05) is 18.7 Å². The molecule has 0 atom stereocenters. The van der Waals surface area contributed by atoms with Crippen molar-refractivity contribution >= 4 is 11.6 Å². The molecule has 25 heavy (non-hydrogen) atoms. The van der Waals surface area contributed by atoms with Crippen molar-refractivity contribution in [1.82, 2.24) is 19.5 Å². The number of imidazole rings is 1. The van der Waals surface area contributed by atoms with E-state index in [9.17, 15) is 9.18 Å². The molecular weight excluding hydrogens is 319 g/mol. The Hall–Kier alpha value is -2.76. The molecule has 130 valence electrons. The molecule has 2 aromatic heterocycles. The molecule has 1 aromatic carbocycles. The number of rotatable bonds is 5. The van der Waals surface area contributed by atoms with Crippen molar-refractivity contribution < 1.29 is 9.18 Å². The molecule has 3 rings (SSSR count). The lowest BCUT2D eigenvalue weighted by atomic mass is 10.1. The van der Waals surface area contributed by atoms with Gasteiger partial charge in [0.2, 0.25) is 11.9 Å². The maximum absolute atomic E-state index is 13.7. The quantitative estimate of drug-likeness (QED) is 0.716. The molecule has 0 saturated carbocycles. The third-order valence-corrected chi connectivity index (χ3v) is 4.30. The summed E-state index contributed by atoms with van der Waals surface area (Å²) >= 11 is 0. The zero-order valence-corrected chi connectivity index (χ0v) is 14.7. The molecule has 1 amide bonds. The van der Waals surface area contributed by atoms with Gasteiger partial charge < -0.3 is 4.90 Å². The van der Waals surface area contributed by atoms with Gasteiger partial charge in [-0.1, -0.05) is 29.8 Å². The number of hydrogen-bond acceptors (Lipinski definition) is 3. The molecule has 0 spiro atoms. The fraction of sp³-hybridized carbons (Fsp3) is 0.316. The van der Waals surface area contributed by atoms with Crippen molar-refractivity contribution in [2.45, 2.75) is 27.2 Å². The number of hydrogen-bond donors (Lipinski definition) is 0. The molecule has 0 N–H and O–H groups in total. The monoisotopic (exact) mass is 340 g/mol. The molecule has 0 bridgehead atoms. The topological polar surface area (TPSA) is 50.5 Å². The number of halogens is 1. The van der Waals surface area contributed by atoms with Gasteiger partial charge in [-0.15, -0.1) is 5.10 Å². The van der Waals surface area contributed by atoms with Gasteiger partial charge in [-0.3, -0.25) is 4.79 Å². The number of carbonyl (C=O) groups is 1. The first-order chi connectivity index (χ1) is 12.0. The van der Waals surface area contributed by atoms with Crippen LogP contribution < -0.4 is 0 Å². The molecule has 0 aliphatic carbocycles. The van der Waals surface area contributed by atoms with Gasteiger partial charge >= 0.3 is 0 Å². The van der Waals surface area contributed by atoms with Crippen molar-refractivity contribution in [3.63, 3.8) is 0 Å². The number of aryl methyl sites for hydroxylation is 1. The predicted octanol–water partition coefficient (Wildman–Crippen LogP) is 3.25. The Morgan fingerprint density at radius 2 is 1.80 bits per heavy atom. The van der Waals surface area contributed by atoms with Crippen LogP contribution in [0.2, 0.25) is 0 Å². The van der Waals surface area contributed by atoms with Crippen LogP contribution in [0, 0.1) is 12.9 Å². The number of benzene rings is 1. The van der Waals surface area contributed by atoms with Crippen LogP contribution >= 0.6 is 0 Å². The number of likely N-dealkylation sites (N-methyl/N-ethyl adjacent to an activating group) is 1. The molecular formula is C19H21FN4O. The SMILES string of the molecule is CCN(CC)C(=O)Cc1c(-c2ccc(C)cc2)nc2ccc(F)nn12. The minimum Gasteiger partial charge on any atom is -0.343 e. The van der Waals surface area contributed by atoms with E-state index >= 15 is 0 Å². The maximum atomic E-state index is 13.7. The van der Waals surface area contributed by atoms with Crippen LogP contribution in [0.1, 0.15) is 25.1 Å². The van der Waals surface area contributed by atoms with Gasteiger partial charge in [-0.2, -0.15) is 4.39 Å². The van der Waals surface area contributed by atoms with Crippen molar-refractivity contribution in [2.75, 3.05) is 13.1 Å². The van der Waals surface area contributed by atoms with Crippen molar-refractivity contribution in [1.29, 1.82) is 0 Å². The molecule has 2 heterocycles. The van der Waals surface area contributed by atoms with Gasteiger partial charge in [0.05, 0.1) is 17.8 Å². The summed E-state index contributed by atoms with van der Waals surface area (Å²) in [5, 5.41) is 3.92. The van der Waals surface area contributed by atoms with Gasteiger partial charge in [-0.25, -0.2) is 9.50 Å². The standard InChI is InChI=1S/C19H21FN4O/c1-4-23(5-2)18(25)12-15-19(14-8-6-13(3)7-9-14)21-17-11-10-16(20)22-24(15)17/h6-11H,4-5,12H2,1-3H3. The van der Waals surface area contributed by atoms with E-state index in [1.165, 1.54) is 10.6 Å². The molecule has 0 saturated heterocycles.